The molecule has 0 aromatic heterocycles. The predicted octanol–water partition coefficient (Wildman–Crippen LogP) is 2.65. The Morgan fingerprint density at radius 2 is 2.12 bits per heavy atom. The molecule has 1 aliphatic rings. The van der Waals surface area contributed by atoms with E-state index in [1.807, 2.05) is 31.2 Å². The average Bonchev–Trinajstić information content (AvgIpc) is 2.38. The van der Waals surface area contributed by atoms with Gasteiger partial charge >= 0.3 is 0 Å². The van der Waals surface area contributed by atoms with E-state index in [1.54, 1.807) is 0 Å². The van der Waals surface area contributed by atoms with E-state index in [-0.39, 0.29) is 12.1 Å². The van der Waals surface area contributed by atoms with Gasteiger partial charge in [0.2, 0.25) is 0 Å². The molecule has 0 amide bonds. The molecule has 1 aliphatic heterocycles. The fraction of sp³-hybridized carbons (Fsp3) is 0.571. The van der Waals surface area contributed by atoms with Crippen LogP contribution in [-0.2, 0) is 4.74 Å². The first-order valence-corrected chi connectivity index (χ1v) is 6.35. The van der Waals surface area contributed by atoms with Gasteiger partial charge in [0.1, 0.15) is 12.4 Å². The number of hydrogen-bond acceptors (Lipinski definition) is 3. The molecule has 1 fully saturated rings. The third-order valence-electron chi connectivity index (χ3n) is 3.12. The summed E-state index contributed by atoms with van der Waals surface area (Å²) in [5.74, 6) is 0.892. The van der Waals surface area contributed by atoms with Crippen LogP contribution in [0.1, 0.15) is 37.8 Å². The number of hydrogen-bond donors (Lipinski definition) is 1. The third kappa shape index (κ3) is 3.72. The SMILES string of the molecule is CC(N)c1ccc(OCC2CCCCO2)cc1. The molecule has 3 heteroatoms. The maximum absolute atomic E-state index is 5.79. The first-order chi connectivity index (χ1) is 8.25. The molecule has 3 nitrogen and oxygen atoms in total. The molecule has 2 N–H and O–H groups in total. The van der Waals surface area contributed by atoms with Crippen molar-refractivity contribution in [2.45, 2.75) is 38.3 Å². The van der Waals surface area contributed by atoms with E-state index in [0.717, 1.165) is 24.3 Å². The van der Waals surface area contributed by atoms with Crippen LogP contribution < -0.4 is 10.5 Å². The second kappa shape index (κ2) is 6.03. The number of benzene rings is 1. The van der Waals surface area contributed by atoms with Gasteiger partial charge in [0.25, 0.3) is 0 Å². The molecular formula is C14H21NO2. The maximum atomic E-state index is 5.79. The van der Waals surface area contributed by atoms with E-state index >= 15 is 0 Å². The summed E-state index contributed by atoms with van der Waals surface area (Å²) >= 11 is 0. The van der Waals surface area contributed by atoms with Crippen molar-refractivity contribution >= 4 is 0 Å². The molecule has 1 aromatic carbocycles. The Bertz CT molecular complexity index is 329. The van der Waals surface area contributed by atoms with Crippen LogP contribution in [0.5, 0.6) is 5.75 Å². The lowest BCUT2D eigenvalue weighted by Gasteiger charge is -2.22. The van der Waals surface area contributed by atoms with E-state index in [2.05, 4.69) is 0 Å². The molecule has 0 spiro atoms. The number of ether oxygens (including phenoxy) is 2. The zero-order chi connectivity index (χ0) is 12.1. The fourth-order valence-electron chi connectivity index (χ4n) is 2.00. The smallest absolute Gasteiger partial charge is 0.119 e. The topological polar surface area (TPSA) is 44.5 Å². The summed E-state index contributed by atoms with van der Waals surface area (Å²) in [5, 5.41) is 0. The van der Waals surface area contributed by atoms with Crippen LogP contribution in [0.15, 0.2) is 24.3 Å². The van der Waals surface area contributed by atoms with Gasteiger partial charge in [-0.15, -0.1) is 0 Å². The first kappa shape index (κ1) is 12.4. The Kier molecular flexibility index (Phi) is 4.40. The van der Waals surface area contributed by atoms with Crippen molar-refractivity contribution in [1.82, 2.24) is 0 Å². The quantitative estimate of drug-likeness (QED) is 0.872. The highest BCUT2D eigenvalue weighted by atomic mass is 16.5. The minimum atomic E-state index is 0.0747. The number of nitrogens with two attached hydrogens (primary N) is 1. The van der Waals surface area contributed by atoms with Gasteiger partial charge in [0.15, 0.2) is 0 Å². The highest BCUT2D eigenvalue weighted by Gasteiger charge is 2.14. The van der Waals surface area contributed by atoms with Crippen molar-refractivity contribution in [3.05, 3.63) is 29.8 Å². The van der Waals surface area contributed by atoms with Crippen LogP contribution in [-0.4, -0.2) is 19.3 Å². The summed E-state index contributed by atoms with van der Waals surface area (Å²) in [6.07, 6.45) is 3.80. The largest absolute Gasteiger partial charge is 0.491 e. The van der Waals surface area contributed by atoms with Crippen molar-refractivity contribution in [2.24, 2.45) is 5.73 Å². The summed E-state index contributed by atoms with van der Waals surface area (Å²) in [6, 6.07) is 8.05. The van der Waals surface area contributed by atoms with Gasteiger partial charge in [0.05, 0.1) is 6.10 Å². The summed E-state index contributed by atoms with van der Waals surface area (Å²) in [7, 11) is 0. The van der Waals surface area contributed by atoms with Crippen LogP contribution in [0.4, 0.5) is 0 Å². The minimum absolute atomic E-state index is 0.0747. The van der Waals surface area contributed by atoms with Crippen LogP contribution in [0.3, 0.4) is 0 Å². The van der Waals surface area contributed by atoms with E-state index < -0.39 is 0 Å². The highest BCUT2D eigenvalue weighted by Crippen LogP contribution is 2.18. The molecule has 0 aliphatic carbocycles. The van der Waals surface area contributed by atoms with Crippen molar-refractivity contribution in [3.8, 4) is 5.75 Å². The van der Waals surface area contributed by atoms with Crippen molar-refractivity contribution in [2.75, 3.05) is 13.2 Å². The van der Waals surface area contributed by atoms with Gasteiger partial charge in [-0.05, 0) is 43.9 Å². The highest BCUT2D eigenvalue weighted by molar-refractivity contribution is 5.28. The van der Waals surface area contributed by atoms with Gasteiger partial charge in [0, 0.05) is 12.6 Å². The molecule has 0 radical (unpaired) electrons. The molecule has 2 atom stereocenters. The van der Waals surface area contributed by atoms with E-state index in [9.17, 15) is 0 Å². The molecule has 2 unspecified atom stereocenters. The molecule has 94 valence electrons. The molecule has 1 heterocycles. The summed E-state index contributed by atoms with van der Waals surface area (Å²) in [6.45, 7) is 3.50. The fourth-order valence-corrected chi connectivity index (χ4v) is 2.00. The standard InChI is InChI=1S/C14H21NO2/c1-11(15)12-5-7-13(8-6-12)17-10-14-4-2-3-9-16-14/h5-8,11,14H,2-4,9-10,15H2,1H3. The lowest BCUT2D eigenvalue weighted by Crippen LogP contribution is -2.25. The first-order valence-electron chi connectivity index (χ1n) is 6.35. The van der Waals surface area contributed by atoms with Crippen LogP contribution >= 0.6 is 0 Å². The van der Waals surface area contributed by atoms with Crippen LogP contribution in [0.25, 0.3) is 0 Å². The predicted molar refractivity (Wildman–Crippen MR) is 68.1 cm³/mol. The number of rotatable bonds is 4. The Balaban J connectivity index is 1.82. The Morgan fingerprint density at radius 1 is 1.35 bits per heavy atom. The van der Waals surface area contributed by atoms with Gasteiger partial charge in [-0.25, -0.2) is 0 Å². The molecule has 1 aromatic rings. The van der Waals surface area contributed by atoms with Crippen molar-refractivity contribution in [3.63, 3.8) is 0 Å². The molecule has 2 rings (SSSR count). The lowest BCUT2D eigenvalue weighted by molar-refractivity contribution is -0.0110. The van der Waals surface area contributed by atoms with E-state index in [1.165, 1.54) is 12.8 Å². The Labute approximate surface area is 103 Å². The maximum Gasteiger partial charge on any atom is 0.119 e. The molecular weight excluding hydrogens is 214 g/mol. The zero-order valence-electron chi connectivity index (χ0n) is 10.4. The zero-order valence-corrected chi connectivity index (χ0v) is 10.4. The van der Waals surface area contributed by atoms with Gasteiger partial charge in [-0.2, -0.15) is 0 Å². The monoisotopic (exact) mass is 235 g/mol. The molecule has 1 saturated heterocycles. The minimum Gasteiger partial charge on any atom is -0.491 e. The average molecular weight is 235 g/mol. The third-order valence-corrected chi connectivity index (χ3v) is 3.12. The van der Waals surface area contributed by atoms with Crippen LogP contribution in [0, 0.1) is 0 Å². The summed E-state index contributed by atoms with van der Waals surface area (Å²) in [4.78, 5) is 0. The van der Waals surface area contributed by atoms with Crippen molar-refractivity contribution in [1.29, 1.82) is 0 Å². The Hall–Kier alpha value is -1.06. The summed E-state index contributed by atoms with van der Waals surface area (Å²) < 4.78 is 11.3. The lowest BCUT2D eigenvalue weighted by atomic mass is 10.1. The van der Waals surface area contributed by atoms with E-state index in [4.69, 9.17) is 15.2 Å². The normalized spacial score (nSPS) is 22.1. The Morgan fingerprint density at radius 3 is 2.71 bits per heavy atom. The van der Waals surface area contributed by atoms with E-state index in [0.29, 0.717) is 6.61 Å². The summed E-state index contributed by atoms with van der Waals surface area (Å²) in [5.41, 5.74) is 6.92. The second-order valence-electron chi connectivity index (χ2n) is 4.66. The second-order valence-corrected chi connectivity index (χ2v) is 4.66. The van der Waals surface area contributed by atoms with Gasteiger partial charge < -0.3 is 15.2 Å². The van der Waals surface area contributed by atoms with Crippen molar-refractivity contribution < 1.29 is 9.47 Å². The van der Waals surface area contributed by atoms with Gasteiger partial charge in [-0.3, -0.25) is 0 Å². The van der Waals surface area contributed by atoms with Crippen LogP contribution in [0.2, 0.25) is 0 Å². The molecule has 0 bridgehead atoms. The molecule has 0 saturated carbocycles. The molecule has 17 heavy (non-hydrogen) atoms. The van der Waals surface area contributed by atoms with Gasteiger partial charge in [-0.1, -0.05) is 12.1 Å².